The molecule has 0 saturated heterocycles. The van der Waals surface area contributed by atoms with Crippen LogP contribution in [-0.4, -0.2) is 23.0 Å². The number of furan rings is 1. The van der Waals surface area contributed by atoms with Crippen LogP contribution in [0.3, 0.4) is 0 Å². The Balaban J connectivity index is 2.70. The molecule has 5 heteroatoms. The smallest absolute Gasteiger partial charge is 0.408 e. The van der Waals surface area contributed by atoms with Crippen molar-refractivity contribution < 1.29 is 18.7 Å². The number of Topliss-reactive ketones (excluding diaryl/α,β-unsaturated/α-hetero) is 1. The fourth-order valence-corrected chi connectivity index (χ4v) is 1.37. The van der Waals surface area contributed by atoms with E-state index in [1.165, 1.54) is 12.5 Å². The minimum absolute atomic E-state index is 0.234. The molecule has 0 aliphatic rings. The largest absolute Gasteiger partial charge is 0.472 e. The Morgan fingerprint density at radius 1 is 1.22 bits per heavy atom. The molecule has 1 aromatic heterocycles. The maximum atomic E-state index is 12.1. The molecular formula is C13H19NO4. The molecule has 0 aliphatic carbocycles. The van der Waals surface area contributed by atoms with Crippen molar-refractivity contribution in [1.82, 2.24) is 5.32 Å². The molecule has 1 N–H and O–H groups in total. The Kier molecular flexibility index (Phi) is 3.84. The van der Waals surface area contributed by atoms with Gasteiger partial charge in [0.15, 0.2) is 5.78 Å². The van der Waals surface area contributed by atoms with E-state index in [1.807, 2.05) is 0 Å². The SMILES string of the molecule is CC(C)(C)OC(=O)NC(C)(C)C(=O)c1ccoc1. The highest BCUT2D eigenvalue weighted by Crippen LogP contribution is 2.15. The summed E-state index contributed by atoms with van der Waals surface area (Å²) in [6.45, 7) is 8.52. The summed E-state index contributed by atoms with van der Waals surface area (Å²) in [7, 11) is 0. The predicted octanol–water partition coefficient (Wildman–Crippen LogP) is 2.77. The molecular weight excluding hydrogens is 234 g/mol. The molecule has 1 aromatic rings. The molecule has 0 saturated carbocycles. The lowest BCUT2D eigenvalue weighted by molar-refractivity contribution is 0.0454. The lowest BCUT2D eigenvalue weighted by atomic mass is 9.95. The molecule has 100 valence electrons. The predicted molar refractivity (Wildman–Crippen MR) is 66.5 cm³/mol. The summed E-state index contributed by atoms with van der Waals surface area (Å²) in [6, 6.07) is 1.56. The van der Waals surface area contributed by atoms with Gasteiger partial charge < -0.3 is 14.5 Å². The Labute approximate surface area is 106 Å². The molecule has 0 aromatic carbocycles. The molecule has 0 aliphatic heterocycles. The second-order valence-corrected chi connectivity index (χ2v) is 5.59. The molecule has 1 heterocycles. The number of ether oxygens (including phenoxy) is 1. The van der Waals surface area contributed by atoms with Crippen molar-refractivity contribution in [3.8, 4) is 0 Å². The van der Waals surface area contributed by atoms with E-state index in [0.29, 0.717) is 5.56 Å². The van der Waals surface area contributed by atoms with Crippen LogP contribution in [0.5, 0.6) is 0 Å². The molecule has 18 heavy (non-hydrogen) atoms. The van der Waals surface area contributed by atoms with E-state index in [1.54, 1.807) is 40.7 Å². The highest BCUT2D eigenvalue weighted by molar-refractivity contribution is 6.03. The van der Waals surface area contributed by atoms with Crippen molar-refractivity contribution in [2.45, 2.75) is 45.8 Å². The van der Waals surface area contributed by atoms with E-state index in [0.717, 1.165) is 0 Å². The first-order valence-corrected chi connectivity index (χ1v) is 5.70. The van der Waals surface area contributed by atoms with Crippen LogP contribution in [0, 0.1) is 0 Å². The quantitative estimate of drug-likeness (QED) is 0.841. The lowest BCUT2D eigenvalue weighted by Crippen LogP contribution is -2.51. The number of hydrogen-bond acceptors (Lipinski definition) is 4. The number of carbonyl (C=O) groups excluding carboxylic acids is 2. The standard InChI is InChI=1S/C13H19NO4/c1-12(2,3)18-11(16)14-13(4,5)10(15)9-6-7-17-8-9/h6-8H,1-5H3,(H,14,16). The van der Waals surface area contributed by atoms with E-state index in [-0.39, 0.29) is 5.78 Å². The number of ketones is 1. The van der Waals surface area contributed by atoms with E-state index >= 15 is 0 Å². The summed E-state index contributed by atoms with van der Waals surface area (Å²) in [4.78, 5) is 23.7. The van der Waals surface area contributed by atoms with Gasteiger partial charge in [-0.05, 0) is 40.7 Å². The maximum Gasteiger partial charge on any atom is 0.408 e. The molecule has 5 nitrogen and oxygen atoms in total. The zero-order valence-corrected chi connectivity index (χ0v) is 11.4. The van der Waals surface area contributed by atoms with Crippen molar-refractivity contribution in [3.63, 3.8) is 0 Å². The number of alkyl carbamates (subject to hydrolysis) is 1. The van der Waals surface area contributed by atoms with Crippen LogP contribution in [-0.2, 0) is 4.74 Å². The number of rotatable bonds is 3. The van der Waals surface area contributed by atoms with Gasteiger partial charge in [0.05, 0.1) is 11.8 Å². The summed E-state index contributed by atoms with van der Waals surface area (Å²) < 4.78 is 9.97. The number of carbonyl (C=O) groups is 2. The van der Waals surface area contributed by atoms with Gasteiger partial charge in [0.25, 0.3) is 0 Å². The fourth-order valence-electron chi connectivity index (χ4n) is 1.37. The number of nitrogens with one attached hydrogen (secondary N) is 1. The van der Waals surface area contributed by atoms with Crippen molar-refractivity contribution in [2.75, 3.05) is 0 Å². The Hall–Kier alpha value is -1.78. The molecule has 0 fully saturated rings. The van der Waals surface area contributed by atoms with Crippen LogP contribution >= 0.6 is 0 Å². The van der Waals surface area contributed by atoms with Crippen LogP contribution in [0.1, 0.15) is 45.0 Å². The van der Waals surface area contributed by atoms with Gasteiger partial charge in [0, 0.05) is 0 Å². The topological polar surface area (TPSA) is 68.5 Å². The van der Waals surface area contributed by atoms with Gasteiger partial charge in [-0.1, -0.05) is 0 Å². The first-order valence-electron chi connectivity index (χ1n) is 5.70. The van der Waals surface area contributed by atoms with Crippen molar-refractivity contribution in [3.05, 3.63) is 24.2 Å². The third kappa shape index (κ3) is 3.91. The summed E-state index contributed by atoms with van der Waals surface area (Å²) in [5, 5.41) is 2.55. The van der Waals surface area contributed by atoms with E-state index in [9.17, 15) is 9.59 Å². The van der Waals surface area contributed by atoms with Gasteiger partial charge >= 0.3 is 6.09 Å². The Morgan fingerprint density at radius 2 is 1.83 bits per heavy atom. The second-order valence-electron chi connectivity index (χ2n) is 5.59. The zero-order chi connectivity index (χ0) is 14.0. The summed E-state index contributed by atoms with van der Waals surface area (Å²) in [6.07, 6.45) is 2.14. The van der Waals surface area contributed by atoms with Gasteiger partial charge in [0.2, 0.25) is 0 Å². The van der Waals surface area contributed by atoms with Crippen molar-refractivity contribution >= 4 is 11.9 Å². The molecule has 0 spiro atoms. The van der Waals surface area contributed by atoms with E-state index in [2.05, 4.69) is 5.32 Å². The van der Waals surface area contributed by atoms with Crippen LogP contribution in [0.4, 0.5) is 4.79 Å². The molecule has 1 amide bonds. The number of amides is 1. The van der Waals surface area contributed by atoms with Gasteiger partial charge in [0.1, 0.15) is 17.4 Å². The lowest BCUT2D eigenvalue weighted by Gasteiger charge is -2.27. The molecule has 1 rings (SSSR count). The van der Waals surface area contributed by atoms with Crippen molar-refractivity contribution in [2.24, 2.45) is 0 Å². The average Bonchev–Trinajstić information content (AvgIpc) is 2.64. The third-order valence-electron chi connectivity index (χ3n) is 2.16. The highest BCUT2D eigenvalue weighted by atomic mass is 16.6. The van der Waals surface area contributed by atoms with Crippen LogP contribution in [0.15, 0.2) is 23.0 Å². The van der Waals surface area contributed by atoms with Crippen LogP contribution < -0.4 is 5.32 Å². The zero-order valence-electron chi connectivity index (χ0n) is 11.4. The van der Waals surface area contributed by atoms with Crippen LogP contribution in [0.25, 0.3) is 0 Å². The highest BCUT2D eigenvalue weighted by Gasteiger charge is 2.32. The monoisotopic (exact) mass is 253 g/mol. The van der Waals surface area contributed by atoms with Gasteiger partial charge in [-0.2, -0.15) is 0 Å². The van der Waals surface area contributed by atoms with Crippen molar-refractivity contribution in [1.29, 1.82) is 0 Å². The third-order valence-corrected chi connectivity index (χ3v) is 2.16. The second kappa shape index (κ2) is 4.84. The first kappa shape index (κ1) is 14.3. The molecule has 0 bridgehead atoms. The minimum Gasteiger partial charge on any atom is -0.472 e. The normalized spacial score (nSPS) is 12.1. The average molecular weight is 253 g/mol. The van der Waals surface area contributed by atoms with Gasteiger partial charge in [-0.3, -0.25) is 4.79 Å². The Bertz CT molecular complexity index is 426. The summed E-state index contributed by atoms with van der Waals surface area (Å²) >= 11 is 0. The molecule has 0 atom stereocenters. The number of hydrogen-bond donors (Lipinski definition) is 1. The van der Waals surface area contributed by atoms with E-state index < -0.39 is 17.2 Å². The Morgan fingerprint density at radius 3 is 2.28 bits per heavy atom. The first-order chi connectivity index (χ1) is 8.12. The summed E-state index contributed by atoms with van der Waals surface area (Å²) in [5.41, 5.74) is -1.23. The molecule has 0 radical (unpaired) electrons. The van der Waals surface area contributed by atoms with Crippen LogP contribution in [0.2, 0.25) is 0 Å². The van der Waals surface area contributed by atoms with Gasteiger partial charge in [-0.15, -0.1) is 0 Å². The minimum atomic E-state index is -1.05. The summed E-state index contributed by atoms with van der Waals surface area (Å²) in [5.74, 6) is -0.234. The molecule has 0 unspecified atom stereocenters. The maximum absolute atomic E-state index is 12.1. The fraction of sp³-hybridized carbons (Fsp3) is 0.538. The van der Waals surface area contributed by atoms with E-state index in [4.69, 9.17) is 9.15 Å². The van der Waals surface area contributed by atoms with Gasteiger partial charge in [-0.25, -0.2) is 4.79 Å².